The molecular weight excluding hydrogens is 404 g/mol. The van der Waals surface area contributed by atoms with Gasteiger partial charge in [0.25, 0.3) is 5.91 Å². The molecule has 0 spiro atoms. The Hall–Kier alpha value is -2.96. The van der Waals surface area contributed by atoms with Crippen molar-refractivity contribution in [3.05, 3.63) is 77.3 Å². The van der Waals surface area contributed by atoms with Crippen molar-refractivity contribution in [2.45, 2.75) is 18.9 Å². The van der Waals surface area contributed by atoms with Gasteiger partial charge in [0.15, 0.2) is 0 Å². The van der Waals surface area contributed by atoms with E-state index < -0.39 is 0 Å². The first kappa shape index (κ1) is 21.3. The fourth-order valence-electron chi connectivity index (χ4n) is 4.16. The number of carbonyl (C=O) groups is 1. The summed E-state index contributed by atoms with van der Waals surface area (Å²) in [6.07, 6.45) is 6.01. The maximum Gasteiger partial charge on any atom is 0.261 e. The highest BCUT2D eigenvalue weighted by Crippen LogP contribution is 2.34. The van der Waals surface area contributed by atoms with Crippen LogP contribution >= 0.6 is 11.3 Å². The van der Waals surface area contributed by atoms with Crippen LogP contribution in [0.3, 0.4) is 0 Å². The largest absolute Gasteiger partial charge is 0.373 e. The Kier molecular flexibility index (Phi) is 6.79. The molecule has 0 radical (unpaired) electrons. The second kappa shape index (κ2) is 9.90. The molecule has 0 saturated carbocycles. The molecule has 1 amide bonds. The standard InChI is InChI=1S/C25H28N4OS/c1-3-19-20(13-14-27-24(19)26-2)22-11-12-23(31-22)25(30)28-17-21(29-15-7-8-16-29)18-9-5-4-6-10-18/h3-6,9-14,21H,1,7-8,15-17H2,2H3,(H,26,27)(H,28,30). The molecule has 160 valence electrons. The number of aromatic nitrogens is 1. The zero-order valence-electron chi connectivity index (χ0n) is 17.8. The number of pyridine rings is 1. The maximum atomic E-state index is 13.0. The number of nitrogens with one attached hydrogen (secondary N) is 2. The molecule has 4 rings (SSSR count). The van der Waals surface area contributed by atoms with Gasteiger partial charge in [-0.1, -0.05) is 43.0 Å². The van der Waals surface area contributed by atoms with Gasteiger partial charge in [-0.05, 0) is 49.7 Å². The van der Waals surface area contributed by atoms with E-state index in [1.165, 1.54) is 29.7 Å². The van der Waals surface area contributed by atoms with Crippen LogP contribution in [-0.2, 0) is 0 Å². The molecule has 0 bridgehead atoms. The van der Waals surface area contributed by atoms with Crippen LogP contribution in [0.25, 0.3) is 16.5 Å². The number of carbonyl (C=O) groups excluding carboxylic acids is 1. The fourth-order valence-corrected chi connectivity index (χ4v) is 5.12. The topological polar surface area (TPSA) is 57.3 Å². The van der Waals surface area contributed by atoms with Gasteiger partial charge in [-0.15, -0.1) is 11.3 Å². The quantitative estimate of drug-likeness (QED) is 0.522. The molecule has 1 aliphatic heterocycles. The predicted molar refractivity (Wildman–Crippen MR) is 130 cm³/mol. The molecule has 2 N–H and O–H groups in total. The predicted octanol–water partition coefficient (Wildman–Crippen LogP) is 5.06. The lowest BCUT2D eigenvalue weighted by Gasteiger charge is -2.28. The minimum Gasteiger partial charge on any atom is -0.373 e. The molecule has 1 aliphatic rings. The number of rotatable bonds is 8. The molecule has 3 aromatic rings. The molecule has 31 heavy (non-hydrogen) atoms. The van der Waals surface area contributed by atoms with Crippen molar-refractivity contribution in [2.75, 3.05) is 32.0 Å². The number of hydrogen-bond donors (Lipinski definition) is 2. The monoisotopic (exact) mass is 432 g/mol. The summed E-state index contributed by atoms with van der Waals surface area (Å²) in [5.74, 6) is 0.752. The Morgan fingerprint density at radius 1 is 1.19 bits per heavy atom. The number of benzene rings is 1. The Morgan fingerprint density at radius 2 is 1.97 bits per heavy atom. The van der Waals surface area contributed by atoms with Crippen molar-refractivity contribution in [3.8, 4) is 10.4 Å². The number of hydrogen-bond acceptors (Lipinski definition) is 5. The maximum absolute atomic E-state index is 13.0. The molecular formula is C25H28N4OS. The average Bonchev–Trinajstić information content (AvgIpc) is 3.52. The average molecular weight is 433 g/mol. The third-order valence-corrected chi connectivity index (χ3v) is 6.87. The summed E-state index contributed by atoms with van der Waals surface area (Å²) in [5, 5.41) is 6.27. The molecule has 1 saturated heterocycles. The van der Waals surface area contributed by atoms with Crippen LogP contribution in [0.1, 0.15) is 39.7 Å². The first-order valence-corrected chi connectivity index (χ1v) is 11.5. The fraction of sp³-hybridized carbons (Fsp3) is 0.280. The first-order chi connectivity index (χ1) is 15.2. The summed E-state index contributed by atoms with van der Waals surface area (Å²) in [6.45, 7) is 6.69. The van der Waals surface area contributed by atoms with Crippen molar-refractivity contribution in [2.24, 2.45) is 0 Å². The van der Waals surface area contributed by atoms with Gasteiger partial charge in [-0.25, -0.2) is 4.98 Å². The van der Waals surface area contributed by atoms with Gasteiger partial charge in [-0.2, -0.15) is 0 Å². The lowest BCUT2D eigenvalue weighted by molar-refractivity contribution is 0.0942. The minimum atomic E-state index is -0.0283. The van der Waals surface area contributed by atoms with Gasteiger partial charge in [0, 0.05) is 35.8 Å². The summed E-state index contributed by atoms with van der Waals surface area (Å²) in [6, 6.07) is 16.5. The van der Waals surface area contributed by atoms with Crippen LogP contribution in [0.2, 0.25) is 0 Å². The van der Waals surface area contributed by atoms with E-state index in [1.807, 2.05) is 31.3 Å². The van der Waals surface area contributed by atoms with E-state index in [-0.39, 0.29) is 11.9 Å². The first-order valence-electron chi connectivity index (χ1n) is 10.7. The van der Waals surface area contributed by atoms with E-state index in [9.17, 15) is 4.79 Å². The van der Waals surface area contributed by atoms with Crippen molar-refractivity contribution in [1.82, 2.24) is 15.2 Å². The molecule has 1 aromatic carbocycles. The molecule has 3 heterocycles. The SMILES string of the molecule is C=Cc1c(-c2ccc(C(=O)NCC(c3ccccc3)N3CCCC3)s2)ccnc1NC. The van der Waals surface area contributed by atoms with Gasteiger partial charge >= 0.3 is 0 Å². The Balaban J connectivity index is 1.50. The van der Waals surface area contributed by atoms with Crippen molar-refractivity contribution < 1.29 is 4.79 Å². The number of anilines is 1. The van der Waals surface area contributed by atoms with Crippen molar-refractivity contribution in [1.29, 1.82) is 0 Å². The van der Waals surface area contributed by atoms with Gasteiger partial charge in [0.05, 0.1) is 10.9 Å². The van der Waals surface area contributed by atoms with Crippen LogP contribution in [0.5, 0.6) is 0 Å². The third kappa shape index (κ3) is 4.70. The minimum absolute atomic E-state index is 0.0283. The molecule has 1 fully saturated rings. The van der Waals surface area contributed by atoms with Gasteiger partial charge in [-0.3, -0.25) is 9.69 Å². The highest BCUT2D eigenvalue weighted by atomic mass is 32.1. The van der Waals surface area contributed by atoms with Crippen LogP contribution in [0.15, 0.2) is 61.3 Å². The number of likely N-dealkylation sites (tertiary alicyclic amines) is 1. The molecule has 1 atom stereocenters. The second-order valence-electron chi connectivity index (χ2n) is 7.62. The van der Waals surface area contributed by atoms with Gasteiger partial charge in [0.2, 0.25) is 0 Å². The summed E-state index contributed by atoms with van der Waals surface area (Å²) in [7, 11) is 1.84. The Bertz CT molecular complexity index is 1040. The highest BCUT2D eigenvalue weighted by molar-refractivity contribution is 7.17. The van der Waals surface area contributed by atoms with E-state index in [0.29, 0.717) is 11.4 Å². The highest BCUT2D eigenvalue weighted by Gasteiger charge is 2.24. The third-order valence-electron chi connectivity index (χ3n) is 5.75. The smallest absolute Gasteiger partial charge is 0.261 e. The molecule has 1 unspecified atom stereocenters. The van der Waals surface area contributed by atoms with E-state index in [1.54, 1.807) is 12.3 Å². The summed E-state index contributed by atoms with van der Waals surface area (Å²) in [5.41, 5.74) is 3.22. The van der Waals surface area contributed by atoms with Crippen molar-refractivity contribution in [3.63, 3.8) is 0 Å². The van der Waals surface area contributed by atoms with Gasteiger partial charge < -0.3 is 10.6 Å². The summed E-state index contributed by atoms with van der Waals surface area (Å²) < 4.78 is 0. The summed E-state index contributed by atoms with van der Waals surface area (Å²) >= 11 is 1.49. The van der Waals surface area contributed by atoms with E-state index >= 15 is 0 Å². The van der Waals surface area contributed by atoms with Crippen LogP contribution in [-0.4, -0.2) is 42.5 Å². The van der Waals surface area contributed by atoms with E-state index in [2.05, 4.69) is 51.4 Å². The Morgan fingerprint density at radius 3 is 2.68 bits per heavy atom. The Labute approximate surface area is 187 Å². The van der Waals surface area contributed by atoms with Crippen LogP contribution in [0, 0.1) is 0 Å². The molecule has 0 aliphatic carbocycles. The lowest BCUT2D eigenvalue weighted by atomic mass is 10.1. The normalized spacial score (nSPS) is 14.9. The number of amides is 1. The van der Waals surface area contributed by atoms with Crippen molar-refractivity contribution >= 4 is 29.1 Å². The zero-order valence-corrected chi connectivity index (χ0v) is 18.6. The molecule has 2 aromatic heterocycles. The van der Waals surface area contributed by atoms with E-state index in [4.69, 9.17) is 0 Å². The zero-order chi connectivity index (χ0) is 21.6. The number of nitrogens with zero attached hydrogens (tertiary/aromatic N) is 2. The molecule has 6 heteroatoms. The molecule has 5 nitrogen and oxygen atoms in total. The number of thiophene rings is 1. The van der Waals surface area contributed by atoms with Crippen LogP contribution in [0.4, 0.5) is 5.82 Å². The second-order valence-corrected chi connectivity index (χ2v) is 8.70. The lowest BCUT2D eigenvalue weighted by Crippen LogP contribution is -2.36. The van der Waals surface area contributed by atoms with Gasteiger partial charge in [0.1, 0.15) is 5.82 Å². The van der Waals surface area contributed by atoms with Crippen LogP contribution < -0.4 is 10.6 Å². The van der Waals surface area contributed by atoms with E-state index in [0.717, 1.165) is 34.9 Å². The summed E-state index contributed by atoms with van der Waals surface area (Å²) in [4.78, 5) is 21.5.